The largest absolute Gasteiger partial charge is 0.384 e. The van der Waals surface area contributed by atoms with E-state index in [2.05, 4.69) is 10.2 Å². The van der Waals surface area contributed by atoms with E-state index >= 15 is 0 Å². The Labute approximate surface area is 98.3 Å². The Morgan fingerprint density at radius 1 is 1.25 bits per heavy atom. The second-order valence-electron chi connectivity index (χ2n) is 5.07. The summed E-state index contributed by atoms with van der Waals surface area (Å²) in [5, 5.41) is 3.44. The van der Waals surface area contributed by atoms with E-state index in [0.717, 1.165) is 46.0 Å². The van der Waals surface area contributed by atoms with Gasteiger partial charge in [-0.05, 0) is 25.9 Å². The third kappa shape index (κ3) is 3.17. The third-order valence-corrected chi connectivity index (χ3v) is 3.78. The van der Waals surface area contributed by atoms with Crippen LogP contribution in [0.15, 0.2) is 0 Å². The van der Waals surface area contributed by atoms with E-state index in [4.69, 9.17) is 9.47 Å². The highest BCUT2D eigenvalue weighted by Gasteiger charge is 2.34. The molecule has 0 amide bonds. The molecule has 0 aromatic carbocycles. The summed E-state index contributed by atoms with van der Waals surface area (Å²) in [6, 6.07) is 0. The van der Waals surface area contributed by atoms with Crippen LogP contribution in [0.2, 0.25) is 0 Å². The van der Waals surface area contributed by atoms with Gasteiger partial charge in [0, 0.05) is 32.2 Å². The molecule has 0 unspecified atom stereocenters. The first-order chi connectivity index (χ1) is 7.85. The Morgan fingerprint density at radius 2 is 1.94 bits per heavy atom. The lowest BCUT2D eigenvalue weighted by atomic mass is 9.79. The maximum Gasteiger partial charge on any atom is 0.0594 e. The first-order valence-corrected chi connectivity index (χ1v) is 6.34. The van der Waals surface area contributed by atoms with Crippen LogP contribution in [-0.4, -0.2) is 64.6 Å². The van der Waals surface area contributed by atoms with Crippen molar-refractivity contribution in [2.45, 2.75) is 12.8 Å². The van der Waals surface area contributed by atoms with Crippen molar-refractivity contribution in [2.24, 2.45) is 5.41 Å². The van der Waals surface area contributed by atoms with Crippen LogP contribution in [0.4, 0.5) is 0 Å². The first-order valence-electron chi connectivity index (χ1n) is 6.34. The highest BCUT2D eigenvalue weighted by atomic mass is 16.5. The molecule has 1 N–H and O–H groups in total. The van der Waals surface area contributed by atoms with Crippen molar-refractivity contribution in [3.05, 3.63) is 0 Å². The predicted octanol–water partition coefficient (Wildman–Crippen LogP) is 0.335. The number of ether oxygens (including phenoxy) is 2. The molecule has 16 heavy (non-hydrogen) atoms. The van der Waals surface area contributed by atoms with E-state index in [1.54, 1.807) is 0 Å². The number of piperidine rings is 1. The van der Waals surface area contributed by atoms with Gasteiger partial charge >= 0.3 is 0 Å². The number of nitrogens with zero attached hydrogens (tertiary/aromatic N) is 1. The minimum atomic E-state index is 0.372. The summed E-state index contributed by atoms with van der Waals surface area (Å²) in [5.41, 5.74) is 0.372. The molecule has 0 saturated carbocycles. The SMILES string of the molecule is COCC1(CN2CCOCC2)CCNCC1. The zero-order valence-electron chi connectivity index (χ0n) is 10.3. The summed E-state index contributed by atoms with van der Waals surface area (Å²) in [5.74, 6) is 0. The summed E-state index contributed by atoms with van der Waals surface area (Å²) < 4.78 is 10.8. The van der Waals surface area contributed by atoms with Crippen molar-refractivity contribution in [2.75, 3.05) is 59.7 Å². The lowest BCUT2D eigenvalue weighted by Gasteiger charge is -2.41. The van der Waals surface area contributed by atoms with Gasteiger partial charge in [-0.25, -0.2) is 0 Å². The Balaban J connectivity index is 1.89. The van der Waals surface area contributed by atoms with Crippen molar-refractivity contribution >= 4 is 0 Å². The van der Waals surface area contributed by atoms with E-state index in [1.165, 1.54) is 19.4 Å². The van der Waals surface area contributed by atoms with Crippen LogP contribution in [0, 0.1) is 5.41 Å². The summed E-state index contributed by atoms with van der Waals surface area (Å²) >= 11 is 0. The minimum absolute atomic E-state index is 0.372. The van der Waals surface area contributed by atoms with Crippen LogP contribution in [0.25, 0.3) is 0 Å². The second-order valence-corrected chi connectivity index (χ2v) is 5.07. The van der Waals surface area contributed by atoms with E-state index in [0.29, 0.717) is 5.41 Å². The maximum atomic E-state index is 5.44. The molecule has 0 spiro atoms. The smallest absolute Gasteiger partial charge is 0.0594 e. The summed E-state index contributed by atoms with van der Waals surface area (Å²) in [6.07, 6.45) is 2.47. The summed E-state index contributed by atoms with van der Waals surface area (Å²) in [4.78, 5) is 2.54. The molecule has 0 aromatic heterocycles. The van der Waals surface area contributed by atoms with E-state index in [1.807, 2.05) is 7.11 Å². The molecule has 94 valence electrons. The number of nitrogens with one attached hydrogen (secondary N) is 1. The lowest BCUT2D eigenvalue weighted by Crippen LogP contribution is -2.49. The van der Waals surface area contributed by atoms with Crippen LogP contribution in [0.5, 0.6) is 0 Å². The molecule has 2 fully saturated rings. The normalized spacial score (nSPS) is 26.8. The molecule has 2 aliphatic heterocycles. The molecule has 4 nitrogen and oxygen atoms in total. The highest BCUT2D eigenvalue weighted by Crippen LogP contribution is 2.30. The molecule has 2 aliphatic rings. The standard InChI is InChI=1S/C12H24N2O2/c1-15-11-12(2-4-13-5-3-12)10-14-6-8-16-9-7-14/h13H,2-11H2,1H3. The van der Waals surface area contributed by atoms with Gasteiger partial charge in [0.05, 0.1) is 19.8 Å². The zero-order chi connectivity index (χ0) is 11.3. The Bertz CT molecular complexity index is 194. The van der Waals surface area contributed by atoms with Gasteiger partial charge in [-0.3, -0.25) is 4.90 Å². The Kier molecular flexibility index (Phi) is 4.58. The monoisotopic (exact) mass is 228 g/mol. The van der Waals surface area contributed by atoms with Gasteiger partial charge < -0.3 is 14.8 Å². The fourth-order valence-corrected chi connectivity index (χ4v) is 2.85. The van der Waals surface area contributed by atoms with E-state index < -0.39 is 0 Å². The van der Waals surface area contributed by atoms with Gasteiger partial charge in [-0.1, -0.05) is 0 Å². The molecule has 0 bridgehead atoms. The molecule has 2 rings (SSSR count). The Morgan fingerprint density at radius 3 is 2.56 bits per heavy atom. The molecule has 0 aliphatic carbocycles. The first kappa shape index (κ1) is 12.3. The van der Waals surface area contributed by atoms with Gasteiger partial charge in [0.25, 0.3) is 0 Å². The fraction of sp³-hybridized carbons (Fsp3) is 1.00. The summed E-state index contributed by atoms with van der Waals surface area (Å²) in [7, 11) is 1.82. The highest BCUT2D eigenvalue weighted by molar-refractivity contribution is 4.88. The van der Waals surface area contributed by atoms with Gasteiger partial charge in [0.1, 0.15) is 0 Å². The van der Waals surface area contributed by atoms with Crippen molar-refractivity contribution in [1.82, 2.24) is 10.2 Å². The second kappa shape index (κ2) is 5.96. The number of rotatable bonds is 4. The molecule has 4 heteroatoms. The molecule has 2 heterocycles. The number of morpholine rings is 1. The molecule has 2 saturated heterocycles. The van der Waals surface area contributed by atoms with Crippen molar-refractivity contribution < 1.29 is 9.47 Å². The zero-order valence-corrected chi connectivity index (χ0v) is 10.3. The molecular formula is C12H24N2O2. The number of hydrogen-bond donors (Lipinski definition) is 1. The van der Waals surface area contributed by atoms with Crippen molar-refractivity contribution in [3.63, 3.8) is 0 Å². The number of hydrogen-bond acceptors (Lipinski definition) is 4. The lowest BCUT2D eigenvalue weighted by molar-refractivity contribution is -0.0177. The van der Waals surface area contributed by atoms with Crippen LogP contribution in [0.3, 0.4) is 0 Å². The molecule has 0 aromatic rings. The Hall–Kier alpha value is -0.160. The predicted molar refractivity (Wildman–Crippen MR) is 63.7 cm³/mol. The topological polar surface area (TPSA) is 33.7 Å². The van der Waals surface area contributed by atoms with Gasteiger partial charge in [0.15, 0.2) is 0 Å². The molecular weight excluding hydrogens is 204 g/mol. The van der Waals surface area contributed by atoms with Gasteiger partial charge in [-0.15, -0.1) is 0 Å². The van der Waals surface area contributed by atoms with E-state index in [9.17, 15) is 0 Å². The van der Waals surface area contributed by atoms with Gasteiger partial charge in [0.2, 0.25) is 0 Å². The van der Waals surface area contributed by atoms with Crippen LogP contribution < -0.4 is 5.32 Å². The van der Waals surface area contributed by atoms with Crippen LogP contribution >= 0.6 is 0 Å². The average molecular weight is 228 g/mol. The average Bonchev–Trinajstić information content (AvgIpc) is 2.31. The fourth-order valence-electron chi connectivity index (χ4n) is 2.85. The minimum Gasteiger partial charge on any atom is -0.384 e. The van der Waals surface area contributed by atoms with Crippen molar-refractivity contribution in [3.8, 4) is 0 Å². The third-order valence-electron chi connectivity index (χ3n) is 3.78. The molecule has 0 radical (unpaired) electrons. The van der Waals surface area contributed by atoms with Crippen LogP contribution in [0.1, 0.15) is 12.8 Å². The quantitative estimate of drug-likeness (QED) is 0.752. The summed E-state index contributed by atoms with van der Waals surface area (Å²) in [6.45, 7) is 8.28. The molecule has 0 atom stereocenters. The van der Waals surface area contributed by atoms with Crippen LogP contribution in [-0.2, 0) is 9.47 Å². The van der Waals surface area contributed by atoms with Gasteiger partial charge in [-0.2, -0.15) is 0 Å². The van der Waals surface area contributed by atoms with E-state index in [-0.39, 0.29) is 0 Å². The maximum absolute atomic E-state index is 5.44. The number of methoxy groups -OCH3 is 1. The van der Waals surface area contributed by atoms with Crippen molar-refractivity contribution in [1.29, 1.82) is 0 Å².